The van der Waals surface area contributed by atoms with E-state index in [9.17, 15) is 4.79 Å². The first kappa shape index (κ1) is 11.0. The van der Waals surface area contributed by atoms with Crippen LogP contribution in [0, 0.1) is 0 Å². The molecule has 0 spiro atoms. The maximum Gasteiger partial charge on any atom is 0.355 e. The van der Waals surface area contributed by atoms with E-state index in [1.165, 1.54) is 6.21 Å². The number of benzene rings is 1. The number of nitrogens with one attached hydrogen (secondary N) is 1. The van der Waals surface area contributed by atoms with Gasteiger partial charge in [-0.15, -0.1) is 0 Å². The molecule has 4 nitrogen and oxygen atoms in total. The molecule has 0 fully saturated rings. The zero-order valence-electron chi connectivity index (χ0n) is 7.00. The van der Waals surface area contributed by atoms with Gasteiger partial charge < -0.3 is 0 Å². The number of hydrogen-bond donors (Lipinski definition) is 2. The number of amides is 2. The van der Waals surface area contributed by atoms with Crippen molar-refractivity contribution in [3.05, 3.63) is 33.8 Å². The lowest BCUT2D eigenvalue weighted by Gasteiger charge is -1.96. The highest BCUT2D eigenvalue weighted by molar-refractivity contribution is 6.42. The van der Waals surface area contributed by atoms with Crippen LogP contribution in [0.15, 0.2) is 23.2 Å². The van der Waals surface area contributed by atoms with Crippen LogP contribution < -0.4 is 11.3 Å². The second-order valence-corrected chi connectivity index (χ2v) is 3.20. The van der Waals surface area contributed by atoms with Gasteiger partial charge >= 0.3 is 6.03 Å². The first-order valence-electron chi connectivity index (χ1n) is 3.63. The van der Waals surface area contributed by atoms with Crippen molar-refractivity contribution in [1.29, 1.82) is 0 Å². The van der Waals surface area contributed by atoms with Crippen molar-refractivity contribution in [2.24, 2.45) is 10.8 Å². The van der Waals surface area contributed by atoms with Crippen molar-refractivity contribution >= 4 is 35.4 Å². The largest absolute Gasteiger partial charge is 0.355 e. The van der Waals surface area contributed by atoms with Crippen LogP contribution in [0.4, 0.5) is 4.79 Å². The van der Waals surface area contributed by atoms with Gasteiger partial charge in [0.2, 0.25) is 0 Å². The topological polar surface area (TPSA) is 67.5 Å². The van der Waals surface area contributed by atoms with E-state index < -0.39 is 6.03 Å². The minimum atomic E-state index is -0.629. The molecule has 1 aromatic rings. The molecule has 0 aliphatic heterocycles. The maximum absolute atomic E-state index is 10.6. The lowest BCUT2D eigenvalue weighted by molar-refractivity contribution is 0.249. The molecule has 1 aromatic carbocycles. The fourth-order valence-electron chi connectivity index (χ4n) is 0.763. The van der Waals surface area contributed by atoms with Gasteiger partial charge in [0, 0.05) is 6.21 Å². The monoisotopic (exact) mass is 231 g/mol. The van der Waals surface area contributed by atoms with Crippen LogP contribution in [-0.4, -0.2) is 12.2 Å². The van der Waals surface area contributed by atoms with Crippen molar-refractivity contribution in [1.82, 2.24) is 5.43 Å². The van der Waals surface area contributed by atoms with Crippen molar-refractivity contribution < 1.29 is 4.79 Å². The number of nitrogens with zero attached hydrogens (tertiary/aromatic N) is 1. The average Bonchev–Trinajstić information content (AvgIpc) is 2.19. The molecular weight excluding hydrogens is 225 g/mol. The van der Waals surface area contributed by atoms with Crippen LogP contribution in [0.25, 0.3) is 0 Å². The summed E-state index contributed by atoms with van der Waals surface area (Å²) in [6.07, 6.45) is 1.34. The van der Waals surface area contributed by atoms with E-state index in [0.717, 1.165) is 0 Å². The molecule has 0 bridgehead atoms. The van der Waals surface area contributed by atoms with E-state index >= 15 is 0 Å². The van der Waals surface area contributed by atoms with Crippen LogP contribution in [0.2, 0.25) is 10.0 Å². The molecule has 14 heavy (non-hydrogen) atoms. The Morgan fingerprint density at radius 2 is 2.14 bits per heavy atom. The van der Waals surface area contributed by atoms with E-state index in [1.807, 2.05) is 5.43 Å². The van der Waals surface area contributed by atoms with Gasteiger partial charge in [-0.1, -0.05) is 29.3 Å². The van der Waals surface area contributed by atoms with Gasteiger partial charge in [-0.05, 0) is 17.7 Å². The van der Waals surface area contributed by atoms with Gasteiger partial charge in [0.25, 0.3) is 0 Å². The van der Waals surface area contributed by atoms with Gasteiger partial charge in [0.05, 0.1) is 10.0 Å². The molecular formula is C8H7Cl2N3O. The van der Waals surface area contributed by atoms with E-state index in [2.05, 4.69) is 4.99 Å². The number of nitrogens with two attached hydrogens (primary N) is 1. The normalized spacial score (nSPS) is 10.5. The van der Waals surface area contributed by atoms with Gasteiger partial charge in [-0.3, -0.25) is 5.43 Å². The Labute approximate surface area is 90.7 Å². The minimum absolute atomic E-state index is 0.406. The zero-order chi connectivity index (χ0) is 10.6. The number of aliphatic imine (C=N–C) groups is 1. The highest BCUT2D eigenvalue weighted by atomic mass is 35.5. The molecule has 0 saturated carbocycles. The van der Waals surface area contributed by atoms with Crippen LogP contribution in [0.5, 0.6) is 0 Å². The highest BCUT2D eigenvalue weighted by Crippen LogP contribution is 2.21. The summed E-state index contributed by atoms with van der Waals surface area (Å²) in [6, 6.07) is 4.26. The summed E-state index contributed by atoms with van der Waals surface area (Å²) in [5.74, 6) is 4.83. The highest BCUT2D eigenvalue weighted by Gasteiger charge is 1.97. The van der Waals surface area contributed by atoms with Crippen LogP contribution >= 0.6 is 23.2 Å². The van der Waals surface area contributed by atoms with Crippen LogP contribution in [0.3, 0.4) is 0 Å². The summed E-state index contributed by atoms with van der Waals surface area (Å²) in [6.45, 7) is 0. The Bertz CT molecular complexity index is 379. The molecule has 0 radical (unpaired) electrons. The Kier molecular flexibility index (Phi) is 3.88. The molecule has 0 unspecified atom stereocenters. The molecule has 0 atom stereocenters. The summed E-state index contributed by atoms with van der Waals surface area (Å²) >= 11 is 11.4. The molecule has 0 aromatic heterocycles. The summed E-state index contributed by atoms with van der Waals surface area (Å²) < 4.78 is 0. The third-order valence-electron chi connectivity index (χ3n) is 1.40. The SMILES string of the molecule is NNC(=O)/N=C/c1ccc(Cl)c(Cl)c1. The molecule has 0 aliphatic carbocycles. The maximum atomic E-state index is 10.6. The predicted molar refractivity (Wildman–Crippen MR) is 56.8 cm³/mol. The quantitative estimate of drug-likeness (QED) is 0.336. The van der Waals surface area contributed by atoms with E-state index in [0.29, 0.717) is 15.6 Å². The van der Waals surface area contributed by atoms with Crippen LogP contribution in [0.1, 0.15) is 5.56 Å². The number of carbonyl (C=O) groups is 1. The van der Waals surface area contributed by atoms with Gasteiger partial charge in [0.1, 0.15) is 0 Å². The van der Waals surface area contributed by atoms with Crippen molar-refractivity contribution in [2.45, 2.75) is 0 Å². The van der Waals surface area contributed by atoms with E-state index in [-0.39, 0.29) is 0 Å². The Balaban J connectivity index is 2.83. The molecule has 74 valence electrons. The summed E-state index contributed by atoms with van der Waals surface area (Å²) in [7, 11) is 0. The lowest BCUT2D eigenvalue weighted by atomic mass is 10.2. The smallest absolute Gasteiger partial charge is 0.274 e. The lowest BCUT2D eigenvalue weighted by Crippen LogP contribution is -2.26. The molecule has 2 amide bonds. The standard InChI is InChI=1S/C8H7Cl2N3O/c9-6-2-1-5(3-7(6)10)4-12-8(14)13-11/h1-4H,11H2,(H,13,14)/b12-4+. The number of carbonyl (C=O) groups excluding carboxylic acids is 1. The van der Waals surface area contributed by atoms with Crippen molar-refractivity contribution in [3.63, 3.8) is 0 Å². The van der Waals surface area contributed by atoms with Crippen molar-refractivity contribution in [3.8, 4) is 0 Å². The van der Waals surface area contributed by atoms with E-state index in [1.54, 1.807) is 18.2 Å². The number of hydrazine groups is 1. The second kappa shape index (κ2) is 4.95. The Morgan fingerprint density at radius 1 is 1.43 bits per heavy atom. The van der Waals surface area contributed by atoms with Gasteiger partial charge in [-0.25, -0.2) is 15.6 Å². The summed E-state index contributed by atoms with van der Waals surface area (Å²) in [5, 5.41) is 0.857. The Hall–Kier alpha value is -1.10. The zero-order valence-corrected chi connectivity index (χ0v) is 8.51. The summed E-state index contributed by atoms with van der Waals surface area (Å²) in [5.41, 5.74) is 2.53. The number of rotatable bonds is 1. The molecule has 0 heterocycles. The average molecular weight is 232 g/mol. The third kappa shape index (κ3) is 2.99. The first-order chi connectivity index (χ1) is 6.63. The van der Waals surface area contributed by atoms with Gasteiger partial charge in [0.15, 0.2) is 0 Å². The summed E-state index contributed by atoms with van der Waals surface area (Å²) in [4.78, 5) is 14.1. The minimum Gasteiger partial charge on any atom is -0.274 e. The fourth-order valence-corrected chi connectivity index (χ4v) is 1.07. The Morgan fingerprint density at radius 3 is 2.71 bits per heavy atom. The molecule has 1 rings (SSSR count). The van der Waals surface area contributed by atoms with E-state index in [4.69, 9.17) is 29.0 Å². The fraction of sp³-hybridized carbons (Fsp3) is 0. The third-order valence-corrected chi connectivity index (χ3v) is 2.14. The molecule has 3 N–H and O–H groups in total. The molecule has 0 saturated heterocycles. The molecule has 0 aliphatic rings. The molecule has 6 heteroatoms. The number of halogens is 2. The van der Waals surface area contributed by atoms with Gasteiger partial charge in [-0.2, -0.15) is 0 Å². The first-order valence-corrected chi connectivity index (χ1v) is 4.39. The second-order valence-electron chi connectivity index (χ2n) is 2.38. The van der Waals surface area contributed by atoms with Crippen LogP contribution in [-0.2, 0) is 0 Å². The number of hydrogen-bond acceptors (Lipinski definition) is 2. The van der Waals surface area contributed by atoms with Crippen molar-refractivity contribution in [2.75, 3.05) is 0 Å². The number of urea groups is 1. The predicted octanol–water partition coefficient (Wildman–Crippen LogP) is 2.00.